The van der Waals surface area contributed by atoms with Crippen LogP contribution in [0.1, 0.15) is 16.7 Å². The summed E-state index contributed by atoms with van der Waals surface area (Å²) in [6, 6.07) is 23.0. The molecule has 1 saturated heterocycles. The van der Waals surface area contributed by atoms with Crippen LogP contribution < -0.4 is 15.0 Å². The number of alkyl halides is 3. The van der Waals surface area contributed by atoms with Gasteiger partial charge in [-0.25, -0.2) is 0 Å². The highest BCUT2D eigenvalue weighted by Crippen LogP contribution is 2.39. The highest BCUT2D eigenvalue weighted by atomic mass is 19.4. The summed E-state index contributed by atoms with van der Waals surface area (Å²) in [5.41, 5.74) is 1.67. The van der Waals surface area contributed by atoms with Gasteiger partial charge in [-0.15, -0.1) is 0 Å². The minimum Gasteiger partial charge on any atom is -0.492 e. The minimum atomic E-state index is -4.42. The van der Waals surface area contributed by atoms with Crippen LogP contribution in [0.15, 0.2) is 78.9 Å². The van der Waals surface area contributed by atoms with Crippen LogP contribution in [-0.4, -0.2) is 49.6 Å². The van der Waals surface area contributed by atoms with Gasteiger partial charge in [0.15, 0.2) is 0 Å². The molecule has 5 rings (SSSR count). The van der Waals surface area contributed by atoms with Crippen molar-refractivity contribution in [3.8, 4) is 5.75 Å². The van der Waals surface area contributed by atoms with E-state index in [-0.39, 0.29) is 18.4 Å². The maximum absolute atomic E-state index is 13.4. The summed E-state index contributed by atoms with van der Waals surface area (Å²) in [6.07, 6.45) is -4.15. The number of nitrogens with zero attached hydrogens (tertiary/aromatic N) is 2. The monoisotopic (exact) mass is 509 g/mol. The van der Waals surface area contributed by atoms with Crippen molar-refractivity contribution < 1.29 is 22.7 Å². The quantitative estimate of drug-likeness (QED) is 0.499. The fourth-order valence-corrected chi connectivity index (χ4v) is 5.29. The maximum atomic E-state index is 13.4. The molecule has 8 heteroatoms. The largest absolute Gasteiger partial charge is 0.492 e. The Balaban J connectivity index is 1.33. The molecule has 5 nitrogen and oxygen atoms in total. The standard InChI is InChI=1S/C29H30F3N3O2/c30-29(31,32)23-11-12-26-22(17-23)18-25(28(36)33-19-21-7-3-1-4-8-21)27-20-34(13-14-35(26)27)15-16-37-24-9-5-2-6-10-24/h1-12,17,25,27H,13-16,18-20H2,(H,33,36). The molecule has 2 atom stereocenters. The Labute approximate surface area is 214 Å². The first kappa shape index (κ1) is 25.1. The second kappa shape index (κ2) is 10.8. The number of nitrogens with one attached hydrogen (secondary N) is 1. The molecule has 2 unspecified atom stereocenters. The number of hydrogen-bond donors (Lipinski definition) is 1. The molecule has 3 aromatic rings. The average molecular weight is 510 g/mol. The summed E-state index contributed by atoms with van der Waals surface area (Å²) in [6.45, 7) is 3.63. The van der Waals surface area contributed by atoms with Gasteiger partial charge in [0.2, 0.25) is 5.91 Å². The molecule has 37 heavy (non-hydrogen) atoms. The zero-order chi connectivity index (χ0) is 25.8. The lowest BCUT2D eigenvalue weighted by atomic mass is 9.82. The first-order chi connectivity index (χ1) is 17.9. The highest BCUT2D eigenvalue weighted by Gasteiger charge is 2.42. The van der Waals surface area contributed by atoms with Gasteiger partial charge in [0.05, 0.1) is 17.5 Å². The first-order valence-corrected chi connectivity index (χ1v) is 12.6. The van der Waals surface area contributed by atoms with Crippen LogP contribution in [0.3, 0.4) is 0 Å². The van der Waals surface area contributed by atoms with Gasteiger partial charge in [0, 0.05) is 38.4 Å². The zero-order valence-corrected chi connectivity index (χ0v) is 20.5. The van der Waals surface area contributed by atoms with Gasteiger partial charge in [-0.3, -0.25) is 9.69 Å². The van der Waals surface area contributed by atoms with Gasteiger partial charge in [0.1, 0.15) is 12.4 Å². The molecule has 0 aromatic heterocycles. The minimum absolute atomic E-state index is 0.134. The van der Waals surface area contributed by atoms with Crippen molar-refractivity contribution in [1.29, 1.82) is 0 Å². The number of carbonyl (C=O) groups is 1. The molecule has 0 bridgehead atoms. The van der Waals surface area contributed by atoms with E-state index in [1.165, 1.54) is 6.07 Å². The Morgan fingerprint density at radius 2 is 1.70 bits per heavy atom. The summed E-state index contributed by atoms with van der Waals surface area (Å²) < 4.78 is 46.2. The number of rotatable bonds is 7. The highest BCUT2D eigenvalue weighted by molar-refractivity contribution is 5.82. The van der Waals surface area contributed by atoms with Crippen molar-refractivity contribution in [1.82, 2.24) is 10.2 Å². The Morgan fingerprint density at radius 3 is 2.43 bits per heavy atom. The Bertz CT molecular complexity index is 1200. The van der Waals surface area contributed by atoms with Gasteiger partial charge in [0.25, 0.3) is 0 Å². The van der Waals surface area contributed by atoms with Crippen LogP contribution in [0.2, 0.25) is 0 Å². The van der Waals surface area contributed by atoms with Crippen molar-refractivity contribution in [3.05, 3.63) is 95.6 Å². The summed E-state index contributed by atoms with van der Waals surface area (Å²) in [7, 11) is 0. The van der Waals surface area contributed by atoms with E-state index in [0.29, 0.717) is 38.3 Å². The van der Waals surface area contributed by atoms with E-state index in [1.54, 1.807) is 6.07 Å². The van der Waals surface area contributed by atoms with Crippen LogP contribution in [0.4, 0.5) is 18.9 Å². The normalized spacial score (nSPS) is 19.6. The molecular formula is C29H30F3N3O2. The zero-order valence-electron chi connectivity index (χ0n) is 20.5. The van der Waals surface area contributed by atoms with Crippen molar-refractivity contribution in [2.24, 2.45) is 5.92 Å². The van der Waals surface area contributed by atoms with Gasteiger partial charge in [-0.2, -0.15) is 13.2 Å². The van der Waals surface area contributed by atoms with E-state index < -0.39 is 17.7 Å². The SMILES string of the molecule is O=C(NCc1ccccc1)C1Cc2cc(C(F)(F)F)ccc2N2CCN(CCOc3ccccc3)CC12. The summed E-state index contributed by atoms with van der Waals surface area (Å²) in [5.74, 6) is 0.216. The lowest BCUT2D eigenvalue weighted by Crippen LogP contribution is -2.61. The van der Waals surface area contributed by atoms with Gasteiger partial charge in [-0.1, -0.05) is 48.5 Å². The van der Waals surface area contributed by atoms with Crippen molar-refractivity contribution in [2.75, 3.05) is 37.7 Å². The lowest BCUT2D eigenvalue weighted by Gasteiger charge is -2.49. The van der Waals surface area contributed by atoms with Crippen LogP contribution in [0.25, 0.3) is 0 Å². The average Bonchev–Trinajstić information content (AvgIpc) is 2.91. The molecule has 0 radical (unpaired) electrons. The smallest absolute Gasteiger partial charge is 0.416 e. The summed E-state index contributed by atoms with van der Waals surface area (Å²) >= 11 is 0. The molecule has 0 saturated carbocycles. The molecule has 2 aliphatic rings. The number of para-hydroxylation sites is 1. The van der Waals surface area contributed by atoms with Crippen molar-refractivity contribution in [2.45, 2.75) is 25.2 Å². The Kier molecular flexibility index (Phi) is 7.37. The number of amides is 1. The van der Waals surface area contributed by atoms with Crippen LogP contribution >= 0.6 is 0 Å². The molecule has 0 spiro atoms. The molecule has 0 aliphatic carbocycles. The van der Waals surface area contributed by atoms with Crippen LogP contribution in [0, 0.1) is 5.92 Å². The molecule has 2 aliphatic heterocycles. The fraction of sp³-hybridized carbons (Fsp3) is 0.345. The number of hydrogen-bond acceptors (Lipinski definition) is 4. The van der Waals surface area contributed by atoms with Gasteiger partial charge >= 0.3 is 6.18 Å². The van der Waals surface area contributed by atoms with E-state index in [0.717, 1.165) is 29.6 Å². The van der Waals surface area contributed by atoms with Gasteiger partial charge in [-0.05, 0) is 47.9 Å². The number of ether oxygens (including phenoxy) is 1. The maximum Gasteiger partial charge on any atom is 0.416 e. The number of benzene rings is 3. The predicted octanol–water partition coefficient (Wildman–Crippen LogP) is 4.76. The van der Waals surface area contributed by atoms with E-state index in [2.05, 4.69) is 15.1 Å². The molecule has 1 amide bonds. The molecule has 1 N–H and O–H groups in total. The topological polar surface area (TPSA) is 44.8 Å². The summed E-state index contributed by atoms with van der Waals surface area (Å²) in [4.78, 5) is 17.8. The number of halogens is 3. The second-order valence-electron chi connectivity index (χ2n) is 9.58. The fourth-order valence-electron chi connectivity index (χ4n) is 5.29. The molecule has 2 heterocycles. The van der Waals surface area contributed by atoms with Crippen molar-refractivity contribution in [3.63, 3.8) is 0 Å². The van der Waals surface area contributed by atoms with Crippen molar-refractivity contribution >= 4 is 11.6 Å². The molecule has 194 valence electrons. The predicted molar refractivity (Wildman–Crippen MR) is 136 cm³/mol. The van der Waals surface area contributed by atoms with E-state index in [1.807, 2.05) is 60.7 Å². The third-order valence-electron chi connectivity index (χ3n) is 7.19. The number of anilines is 1. The number of piperazine rings is 1. The van der Waals surface area contributed by atoms with E-state index in [9.17, 15) is 18.0 Å². The van der Waals surface area contributed by atoms with Gasteiger partial charge < -0.3 is 15.0 Å². The molecule has 3 aromatic carbocycles. The van der Waals surface area contributed by atoms with Crippen LogP contribution in [0.5, 0.6) is 5.75 Å². The molecular weight excluding hydrogens is 479 g/mol. The first-order valence-electron chi connectivity index (χ1n) is 12.6. The number of fused-ring (bicyclic) bond motifs is 3. The third-order valence-corrected chi connectivity index (χ3v) is 7.19. The van der Waals surface area contributed by atoms with E-state index in [4.69, 9.17) is 4.74 Å². The Morgan fingerprint density at radius 1 is 0.973 bits per heavy atom. The second-order valence-corrected chi connectivity index (χ2v) is 9.58. The number of carbonyl (C=O) groups excluding carboxylic acids is 1. The summed E-state index contributed by atoms with van der Waals surface area (Å²) in [5, 5.41) is 3.03. The van der Waals surface area contributed by atoms with Crippen LogP contribution in [-0.2, 0) is 23.9 Å². The third kappa shape index (κ3) is 5.91. The lowest BCUT2D eigenvalue weighted by molar-refractivity contribution is -0.137. The van der Waals surface area contributed by atoms with E-state index >= 15 is 0 Å². The molecule has 1 fully saturated rings. The Hall–Kier alpha value is -3.52.